The van der Waals surface area contributed by atoms with Crippen LogP contribution in [0.15, 0.2) is 18.3 Å². The summed E-state index contributed by atoms with van der Waals surface area (Å²) in [4.78, 5) is 28.9. The van der Waals surface area contributed by atoms with Gasteiger partial charge in [-0.25, -0.2) is 4.79 Å². The first kappa shape index (κ1) is 14.3. The number of primary amides is 1. The van der Waals surface area contributed by atoms with Crippen molar-refractivity contribution in [2.45, 2.75) is 32.1 Å². The lowest BCUT2D eigenvalue weighted by molar-refractivity contribution is -0.118. The van der Waals surface area contributed by atoms with E-state index in [1.807, 2.05) is 17.0 Å². The molecule has 0 saturated heterocycles. The lowest BCUT2D eigenvalue weighted by atomic mass is 10.1. The number of pyridine rings is 1. The van der Waals surface area contributed by atoms with E-state index in [0.717, 1.165) is 43.6 Å². The van der Waals surface area contributed by atoms with Crippen LogP contribution in [0.25, 0.3) is 0 Å². The van der Waals surface area contributed by atoms with E-state index in [9.17, 15) is 9.59 Å². The Morgan fingerprint density at radius 1 is 1.40 bits per heavy atom. The van der Waals surface area contributed by atoms with Gasteiger partial charge in [-0.1, -0.05) is 0 Å². The fourth-order valence-corrected chi connectivity index (χ4v) is 2.40. The molecule has 0 radical (unpaired) electrons. The molecular formula is C14H20N4O2. The number of fused-ring (bicyclic) bond motifs is 1. The highest BCUT2D eigenvalue weighted by Crippen LogP contribution is 2.25. The highest BCUT2D eigenvalue weighted by Gasteiger charge is 2.22. The van der Waals surface area contributed by atoms with Gasteiger partial charge in [-0.15, -0.1) is 0 Å². The SMILES string of the molecule is NC(=O)NCCCCC(=O)N1CCCc2ncccc21. The molecule has 0 fully saturated rings. The van der Waals surface area contributed by atoms with E-state index in [-0.39, 0.29) is 5.91 Å². The van der Waals surface area contributed by atoms with Crippen molar-refractivity contribution in [3.63, 3.8) is 0 Å². The summed E-state index contributed by atoms with van der Waals surface area (Å²) in [5.41, 5.74) is 6.92. The normalized spacial score (nSPS) is 13.7. The highest BCUT2D eigenvalue weighted by atomic mass is 16.2. The van der Waals surface area contributed by atoms with Crippen LogP contribution in [0.3, 0.4) is 0 Å². The van der Waals surface area contributed by atoms with Gasteiger partial charge in [0.25, 0.3) is 0 Å². The number of carbonyl (C=O) groups is 2. The summed E-state index contributed by atoms with van der Waals surface area (Å²) < 4.78 is 0. The van der Waals surface area contributed by atoms with Crippen LogP contribution in [-0.2, 0) is 11.2 Å². The Bertz CT molecular complexity index is 490. The van der Waals surface area contributed by atoms with Crippen LogP contribution in [-0.4, -0.2) is 30.0 Å². The molecule has 2 heterocycles. The van der Waals surface area contributed by atoms with Gasteiger partial charge in [-0.3, -0.25) is 9.78 Å². The van der Waals surface area contributed by atoms with Crippen LogP contribution < -0.4 is 16.0 Å². The lowest BCUT2D eigenvalue weighted by Gasteiger charge is -2.28. The maximum atomic E-state index is 12.2. The second kappa shape index (κ2) is 6.88. The lowest BCUT2D eigenvalue weighted by Crippen LogP contribution is -2.35. The summed E-state index contributed by atoms with van der Waals surface area (Å²) in [5, 5.41) is 2.52. The summed E-state index contributed by atoms with van der Waals surface area (Å²) in [5.74, 6) is 0.123. The summed E-state index contributed by atoms with van der Waals surface area (Å²) in [6.45, 7) is 1.28. The van der Waals surface area contributed by atoms with Crippen molar-refractivity contribution < 1.29 is 9.59 Å². The number of hydrogen-bond acceptors (Lipinski definition) is 3. The van der Waals surface area contributed by atoms with Gasteiger partial charge in [0.1, 0.15) is 0 Å². The molecule has 108 valence electrons. The smallest absolute Gasteiger partial charge is 0.312 e. The number of nitrogens with one attached hydrogen (secondary N) is 1. The zero-order valence-electron chi connectivity index (χ0n) is 11.5. The third-order valence-electron chi connectivity index (χ3n) is 3.37. The second-order valence-electron chi connectivity index (χ2n) is 4.87. The van der Waals surface area contributed by atoms with Crippen molar-refractivity contribution in [2.75, 3.05) is 18.0 Å². The van der Waals surface area contributed by atoms with Gasteiger partial charge in [0, 0.05) is 25.7 Å². The van der Waals surface area contributed by atoms with Gasteiger partial charge >= 0.3 is 6.03 Å². The number of amides is 3. The second-order valence-corrected chi connectivity index (χ2v) is 4.87. The van der Waals surface area contributed by atoms with Crippen molar-refractivity contribution >= 4 is 17.6 Å². The molecule has 0 atom stereocenters. The van der Waals surface area contributed by atoms with Crippen LogP contribution in [0.2, 0.25) is 0 Å². The van der Waals surface area contributed by atoms with Crippen LogP contribution in [0, 0.1) is 0 Å². The highest BCUT2D eigenvalue weighted by molar-refractivity contribution is 5.94. The molecule has 0 bridgehead atoms. The number of aryl methyl sites for hydroxylation is 1. The van der Waals surface area contributed by atoms with Crippen LogP contribution in [0.5, 0.6) is 0 Å². The van der Waals surface area contributed by atoms with Gasteiger partial charge in [-0.05, 0) is 37.8 Å². The van der Waals surface area contributed by atoms with Gasteiger partial charge in [0.05, 0.1) is 11.4 Å². The molecule has 1 aromatic heterocycles. The van der Waals surface area contributed by atoms with E-state index in [1.54, 1.807) is 6.20 Å². The first-order valence-corrected chi connectivity index (χ1v) is 6.96. The maximum Gasteiger partial charge on any atom is 0.312 e. The minimum atomic E-state index is -0.521. The third kappa shape index (κ3) is 3.69. The van der Waals surface area contributed by atoms with Crippen LogP contribution >= 0.6 is 0 Å². The minimum absolute atomic E-state index is 0.123. The number of carbonyl (C=O) groups excluding carboxylic acids is 2. The Hall–Kier alpha value is -2.11. The number of nitrogens with two attached hydrogens (primary N) is 1. The number of aromatic nitrogens is 1. The number of anilines is 1. The third-order valence-corrected chi connectivity index (χ3v) is 3.37. The summed E-state index contributed by atoms with van der Waals surface area (Å²) in [6, 6.07) is 3.29. The van der Waals surface area contributed by atoms with Gasteiger partial charge in [0.15, 0.2) is 0 Å². The first-order valence-electron chi connectivity index (χ1n) is 6.96. The summed E-state index contributed by atoms with van der Waals surface area (Å²) in [6.07, 6.45) is 5.63. The standard InChI is InChI=1S/C14H20N4O2/c15-14(20)17-8-2-1-7-13(19)18-10-4-5-11-12(18)6-3-9-16-11/h3,6,9H,1-2,4-5,7-8,10H2,(H3,15,17,20). The topological polar surface area (TPSA) is 88.3 Å². The predicted molar refractivity (Wildman–Crippen MR) is 76.3 cm³/mol. The number of rotatable bonds is 5. The quantitative estimate of drug-likeness (QED) is 0.792. The van der Waals surface area contributed by atoms with Crippen molar-refractivity contribution in [3.05, 3.63) is 24.0 Å². The average molecular weight is 276 g/mol. The van der Waals surface area contributed by atoms with E-state index in [4.69, 9.17) is 5.73 Å². The summed E-state index contributed by atoms with van der Waals surface area (Å²) in [7, 11) is 0. The number of nitrogens with zero attached hydrogens (tertiary/aromatic N) is 2. The zero-order chi connectivity index (χ0) is 14.4. The molecular weight excluding hydrogens is 256 g/mol. The molecule has 0 aliphatic carbocycles. The largest absolute Gasteiger partial charge is 0.352 e. The molecule has 0 spiro atoms. The van der Waals surface area contributed by atoms with Crippen LogP contribution in [0.4, 0.5) is 10.5 Å². The van der Waals surface area contributed by atoms with Crippen LogP contribution in [0.1, 0.15) is 31.4 Å². The Morgan fingerprint density at radius 3 is 3.05 bits per heavy atom. The first-order chi connectivity index (χ1) is 9.68. The van der Waals surface area contributed by atoms with Crippen molar-refractivity contribution in [1.82, 2.24) is 10.3 Å². The molecule has 2 rings (SSSR count). The fourth-order valence-electron chi connectivity index (χ4n) is 2.40. The van der Waals surface area contributed by atoms with Crippen molar-refractivity contribution in [1.29, 1.82) is 0 Å². The number of unbranched alkanes of at least 4 members (excludes halogenated alkanes) is 1. The van der Waals surface area contributed by atoms with E-state index < -0.39 is 6.03 Å². The predicted octanol–water partition coefficient (Wildman–Crippen LogP) is 1.20. The minimum Gasteiger partial charge on any atom is -0.352 e. The molecule has 6 nitrogen and oxygen atoms in total. The molecule has 1 aliphatic heterocycles. The van der Waals surface area contributed by atoms with E-state index in [1.165, 1.54) is 0 Å². The Labute approximate surface area is 118 Å². The summed E-state index contributed by atoms with van der Waals surface area (Å²) >= 11 is 0. The molecule has 0 saturated carbocycles. The van der Waals surface area contributed by atoms with Gasteiger partial charge in [0.2, 0.25) is 5.91 Å². The Balaban J connectivity index is 1.83. The van der Waals surface area contributed by atoms with E-state index in [0.29, 0.717) is 13.0 Å². The van der Waals surface area contributed by atoms with E-state index >= 15 is 0 Å². The molecule has 3 amide bonds. The average Bonchev–Trinajstić information content (AvgIpc) is 2.45. The molecule has 3 N–H and O–H groups in total. The monoisotopic (exact) mass is 276 g/mol. The number of urea groups is 1. The van der Waals surface area contributed by atoms with E-state index in [2.05, 4.69) is 10.3 Å². The molecule has 20 heavy (non-hydrogen) atoms. The Morgan fingerprint density at radius 2 is 2.25 bits per heavy atom. The fraction of sp³-hybridized carbons (Fsp3) is 0.500. The molecule has 1 aromatic rings. The number of hydrogen-bond donors (Lipinski definition) is 2. The zero-order valence-corrected chi connectivity index (χ0v) is 11.5. The Kier molecular flexibility index (Phi) is 4.92. The van der Waals surface area contributed by atoms with Crippen molar-refractivity contribution in [2.24, 2.45) is 5.73 Å². The van der Waals surface area contributed by atoms with Gasteiger partial charge in [-0.2, -0.15) is 0 Å². The molecule has 1 aliphatic rings. The molecule has 0 unspecified atom stereocenters. The molecule has 0 aromatic carbocycles. The van der Waals surface area contributed by atoms with Crippen molar-refractivity contribution in [3.8, 4) is 0 Å². The molecule has 6 heteroatoms. The van der Waals surface area contributed by atoms with Gasteiger partial charge < -0.3 is 16.0 Å². The maximum absolute atomic E-state index is 12.2.